The minimum Gasteiger partial charge on any atom is -0.472 e. The number of nitrogens with zero attached hydrogens (tertiary/aromatic N) is 4. The van der Waals surface area contributed by atoms with Gasteiger partial charge in [0.1, 0.15) is 40.4 Å². The molecule has 7 rings (SSSR count). The van der Waals surface area contributed by atoms with Crippen LogP contribution in [0.4, 0.5) is 4.79 Å². The van der Waals surface area contributed by atoms with Crippen LogP contribution in [0.3, 0.4) is 0 Å². The third-order valence-corrected chi connectivity index (χ3v) is 10.7. The number of ether oxygens (including phenoxy) is 3. The van der Waals surface area contributed by atoms with E-state index < -0.39 is 47.6 Å². The molecular formula is C35H40N6O7S. The van der Waals surface area contributed by atoms with Crippen LogP contribution in [0.2, 0.25) is 0 Å². The molecule has 0 spiro atoms. The number of hydrogen-bond donors (Lipinski definition) is 2. The van der Waals surface area contributed by atoms with E-state index in [1.165, 1.54) is 23.3 Å². The number of pyridine rings is 1. The van der Waals surface area contributed by atoms with E-state index >= 15 is 0 Å². The van der Waals surface area contributed by atoms with Crippen molar-refractivity contribution >= 4 is 45.4 Å². The summed E-state index contributed by atoms with van der Waals surface area (Å²) in [5.74, 6) is -0.894. The van der Waals surface area contributed by atoms with Crippen LogP contribution in [-0.4, -0.2) is 87.2 Å². The fraction of sp³-hybridized carbons (Fsp3) is 0.514. The van der Waals surface area contributed by atoms with Gasteiger partial charge >= 0.3 is 12.1 Å². The molecule has 2 N–H and O–H groups in total. The van der Waals surface area contributed by atoms with Gasteiger partial charge in [0.2, 0.25) is 17.7 Å². The number of aromatic nitrogens is 3. The zero-order chi connectivity index (χ0) is 34.0. The van der Waals surface area contributed by atoms with Gasteiger partial charge in [0.25, 0.3) is 0 Å². The zero-order valence-corrected chi connectivity index (χ0v) is 28.2. The van der Waals surface area contributed by atoms with E-state index in [1.807, 2.05) is 41.8 Å². The molecule has 2 aliphatic heterocycles. The van der Waals surface area contributed by atoms with E-state index in [-0.39, 0.29) is 25.0 Å². The largest absolute Gasteiger partial charge is 0.472 e. The maximum atomic E-state index is 14.4. The summed E-state index contributed by atoms with van der Waals surface area (Å²) in [6, 6.07) is 5.48. The van der Waals surface area contributed by atoms with Gasteiger partial charge < -0.3 is 29.7 Å². The lowest BCUT2D eigenvalue weighted by atomic mass is 9.96. The molecule has 0 unspecified atom stereocenters. The van der Waals surface area contributed by atoms with E-state index in [0.717, 1.165) is 43.4 Å². The van der Waals surface area contributed by atoms with Gasteiger partial charge in [0.15, 0.2) is 5.82 Å². The summed E-state index contributed by atoms with van der Waals surface area (Å²) >= 11 is 1.44. The average Bonchev–Trinajstić information content (AvgIpc) is 3.37. The second-order valence-corrected chi connectivity index (χ2v) is 14.1. The first-order valence-corrected chi connectivity index (χ1v) is 17.9. The molecule has 49 heavy (non-hydrogen) atoms. The first-order valence-electron chi connectivity index (χ1n) is 17.0. The Morgan fingerprint density at radius 2 is 1.94 bits per heavy atom. The molecule has 2 aliphatic carbocycles. The van der Waals surface area contributed by atoms with Gasteiger partial charge in [0, 0.05) is 18.5 Å². The van der Waals surface area contributed by atoms with Crippen LogP contribution in [0, 0.1) is 5.92 Å². The standard InChI is InChI=1S/C35H40N6O7S/c1-46-33(44)35-19-21(35)10-5-3-2-4-6-14-26(37-34(45)48-22-11-9-12-22)32(43)41-20-23(18-27(41)29(42)40-35)47-30-24-15-17-49-31(24)39-28(38-30)25-13-7-8-16-36-25/h5,7-8,10,13,15-17,21-23,26-27H,2-4,6,9,11-12,14,18-20H2,1H3,(H,37,45)(H,40,42)/t21-,23-,26+,27+,35-/m1/s1. The van der Waals surface area contributed by atoms with Crippen LogP contribution in [0.15, 0.2) is 48.0 Å². The van der Waals surface area contributed by atoms with Crippen molar-refractivity contribution in [3.8, 4) is 17.4 Å². The number of hydrogen-bond acceptors (Lipinski definition) is 11. The molecule has 4 aliphatic rings. The molecule has 5 atom stereocenters. The lowest BCUT2D eigenvalue weighted by molar-refractivity contribution is -0.148. The van der Waals surface area contributed by atoms with Gasteiger partial charge in [-0.15, -0.1) is 11.3 Å². The fourth-order valence-corrected chi connectivity index (χ4v) is 7.57. The third-order valence-electron chi connectivity index (χ3n) is 9.87. The third kappa shape index (κ3) is 6.96. The lowest BCUT2D eigenvalue weighted by Crippen LogP contribution is -2.56. The number of alkyl carbamates (subject to hydrolysis) is 1. The Morgan fingerprint density at radius 3 is 2.71 bits per heavy atom. The number of carbonyl (C=O) groups is 4. The highest BCUT2D eigenvalue weighted by molar-refractivity contribution is 7.16. The summed E-state index contributed by atoms with van der Waals surface area (Å²) in [4.78, 5) is 70.4. The summed E-state index contributed by atoms with van der Waals surface area (Å²) in [6.07, 6.45) is 11.0. The number of esters is 1. The van der Waals surface area contributed by atoms with Crippen LogP contribution in [0.25, 0.3) is 21.7 Å². The maximum Gasteiger partial charge on any atom is 0.408 e. The molecule has 0 bridgehead atoms. The highest BCUT2D eigenvalue weighted by Gasteiger charge is 2.62. The Kier molecular flexibility index (Phi) is 9.48. The van der Waals surface area contributed by atoms with Crippen LogP contribution in [0.1, 0.15) is 64.2 Å². The monoisotopic (exact) mass is 688 g/mol. The van der Waals surface area contributed by atoms with Gasteiger partial charge in [-0.2, -0.15) is 4.98 Å². The molecule has 3 aromatic rings. The summed E-state index contributed by atoms with van der Waals surface area (Å²) in [5, 5.41) is 8.38. The van der Waals surface area contributed by atoms with Crippen molar-refractivity contribution in [1.82, 2.24) is 30.5 Å². The highest BCUT2D eigenvalue weighted by atomic mass is 32.1. The Bertz CT molecular complexity index is 1750. The van der Waals surface area contributed by atoms with E-state index in [0.29, 0.717) is 42.0 Å². The summed E-state index contributed by atoms with van der Waals surface area (Å²) in [6.45, 7) is 0.0654. The topological polar surface area (TPSA) is 162 Å². The normalized spacial score (nSPS) is 27.5. The van der Waals surface area contributed by atoms with Crippen LogP contribution in [-0.2, 0) is 23.9 Å². The number of amides is 3. The first-order chi connectivity index (χ1) is 23.8. The molecule has 0 radical (unpaired) electrons. The van der Waals surface area contributed by atoms with E-state index in [1.54, 1.807) is 6.20 Å². The van der Waals surface area contributed by atoms with Crippen molar-refractivity contribution in [2.45, 2.75) is 94.0 Å². The number of thiophene rings is 1. The van der Waals surface area contributed by atoms with E-state index in [2.05, 4.69) is 20.6 Å². The van der Waals surface area contributed by atoms with Crippen molar-refractivity contribution in [3.63, 3.8) is 0 Å². The van der Waals surface area contributed by atoms with E-state index in [4.69, 9.17) is 19.2 Å². The van der Waals surface area contributed by atoms with Gasteiger partial charge in [0.05, 0.1) is 19.0 Å². The molecule has 3 fully saturated rings. The molecule has 2 saturated carbocycles. The molecule has 0 aromatic carbocycles. The predicted octanol–water partition coefficient (Wildman–Crippen LogP) is 4.32. The molecule has 258 valence electrons. The van der Waals surface area contributed by atoms with Crippen molar-refractivity contribution in [2.75, 3.05) is 13.7 Å². The molecule has 3 amide bonds. The number of rotatable bonds is 6. The number of carbonyl (C=O) groups excluding carboxylic acids is 4. The minimum atomic E-state index is -1.20. The molecule has 3 aromatic heterocycles. The molecule has 5 heterocycles. The van der Waals surface area contributed by atoms with Crippen molar-refractivity contribution < 1.29 is 33.4 Å². The number of fused-ring (bicyclic) bond motifs is 3. The van der Waals surface area contributed by atoms with Gasteiger partial charge in [-0.05, 0) is 68.5 Å². The second-order valence-electron chi connectivity index (χ2n) is 13.2. The minimum absolute atomic E-state index is 0.0654. The molecule has 13 nitrogen and oxygen atoms in total. The number of allylic oxidation sites excluding steroid dienone is 1. The smallest absolute Gasteiger partial charge is 0.408 e. The Morgan fingerprint density at radius 1 is 1.06 bits per heavy atom. The van der Waals surface area contributed by atoms with Crippen molar-refractivity contribution in [1.29, 1.82) is 0 Å². The Hall–Kier alpha value is -4.59. The quantitative estimate of drug-likeness (QED) is 0.282. The predicted molar refractivity (Wildman–Crippen MR) is 179 cm³/mol. The Balaban J connectivity index is 1.18. The summed E-state index contributed by atoms with van der Waals surface area (Å²) < 4.78 is 17.2. The van der Waals surface area contributed by atoms with Crippen molar-refractivity contribution in [3.05, 3.63) is 48.0 Å². The lowest BCUT2D eigenvalue weighted by Gasteiger charge is -2.30. The van der Waals surface area contributed by atoms with Gasteiger partial charge in [-0.3, -0.25) is 14.6 Å². The SMILES string of the molecule is COC(=O)[C@@]12C[C@H]1C=CCCCCC[C@H](NC(=O)OC1CCC1)C(=O)N1C[C@H](Oc3nc(-c4ccccn4)nc4sccc34)C[C@H]1C(=O)N2. The Labute approximate surface area is 287 Å². The molecule has 14 heteroatoms. The number of methoxy groups -OCH3 is 1. The molecular weight excluding hydrogens is 648 g/mol. The van der Waals surface area contributed by atoms with Crippen LogP contribution >= 0.6 is 11.3 Å². The maximum absolute atomic E-state index is 14.4. The fourth-order valence-electron chi connectivity index (χ4n) is 6.82. The average molecular weight is 689 g/mol. The first kappa shape index (κ1) is 32.9. The zero-order valence-electron chi connectivity index (χ0n) is 27.3. The summed E-state index contributed by atoms with van der Waals surface area (Å²) in [5.41, 5.74) is -0.617. The van der Waals surface area contributed by atoms with Gasteiger partial charge in [-0.1, -0.05) is 31.1 Å². The van der Waals surface area contributed by atoms with Crippen molar-refractivity contribution in [2.24, 2.45) is 5.92 Å². The number of nitrogens with one attached hydrogen (secondary N) is 2. The molecule has 1 saturated heterocycles. The van der Waals surface area contributed by atoms with Crippen LogP contribution < -0.4 is 15.4 Å². The highest BCUT2D eigenvalue weighted by Crippen LogP contribution is 2.46. The van der Waals surface area contributed by atoms with E-state index in [9.17, 15) is 19.2 Å². The second kappa shape index (κ2) is 14.1. The van der Waals surface area contributed by atoms with Gasteiger partial charge in [-0.25, -0.2) is 14.6 Å². The summed E-state index contributed by atoms with van der Waals surface area (Å²) in [7, 11) is 1.30. The van der Waals surface area contributed by atoms with Crippen LogP contribution in [0.5, 0.6) is 5.88 Å².